The van der Waals surface area contributed by atoms with Crippen LogP contribution in [0.4, 0.5) is 5.69 Å². The van der Waals surface area contributed by atoms with Gasteiger partial charge in [0.2, 0.25) is 0 Å². The van der Waals surface area contributed by atoms with Gasteiger partial charge in [-0.2, -0.15) is 0 Å². The van der Waals surface area contributed by atoms with Gasteiger partial charge in [0.15, 0.2) is 0 Å². The molecule has 2 rings (SSSR count). The van der Waals surface area contributed by atoms with Gasteiger partial charge in [0.05, 0.1) is 4.92 Å². The van der Waals surface area contributed by atoms with Crippen LogP contribution >= 0.6 is 11.6 Å². The molecule has 0 saturated carbocycles. The number of amides is 1. The largest absolute Gasteiger partial charge is 0.337 e. The van der Waals surface area contributed by atoms with Crippen LogP contribution in [0.2, 0.25) is 5.02 Å². The second kappa shape index (κ2) is 4.91. The Morgan fingerprint density at radius 3 is 2.83 bits per heavy atom. The summed E-state index contributed by atoms with van der Waals surface area (Å²) in [6, 6.07) is 3.98. The number of carbonyl (C=O) groups excluding carboxylic acids is 1. The van der Waals surface area contributed by atoms with Crippen molar-refractivity contribution >= 4 is 23.2 Å². The fourth-order valence-electron chi connectivity index (χ4n) is 1.98. The van der Waals surface area contributed by atoms with Crippen molar-refractivity contribution in [3.8, 4) is 0 Å². The summed E-state index contributed by atoms with van der Waals surface area (Å²) in [6.45, 7) is 0.957. The number of likely N-dealkylation sites (tertiary alicyclic amines) is 1. The maximum absolute atomic E-state index is 12.2. The van der Waals surface area contributed by atoms with Crippen molar-refractivity contribution in [1.82, 2.24) is 4.90 Å². The number of nitrogens with two attached hydrogens (primary N) is 1. The van der Waals surface area contributed by atoms with E-state index in [1.807, 2.05) is 0 Å². The smallest absolute Gasteiger partial charge is 0.283 e. The Balaban J connectivity index is 2.33. The quantitative estimate of drug-likeness (QED) is 0.649. The number of hydrogen-bond donors (Lipinski definition) is 1. The number of nitro groups is 1. The van der Waals surface area contributed by atoms with Crippen molar-refractivity contribution in [3.63, 3.8) is 0 Å². The minimum Gasteiger partial charge on any atom is -0.337 e. The number of nitrogens with zero attached hydrogens (tertiary/aromatic N) is 2. The topological polar surface area (TPSA) is 89.5 Å². The van der Waals surface area contributed by atoms with E-state index in [9.17, 15) is 14.9 Å². The first-order valence-electron chi connectivity index (χ1n) is 5.48. The molecule has 0 aliphatic carbocycles. The molecule has 0 aromatic heterocycles. The lowest BCUT2D eigenvalue weighted by Gasteiger charge is -2.15. The molecule has 1 amide bonds. The first-order valence-corrected chi connectivity index (χ1v) is 5.85. The lowest BCUT2D eigenvalue weighted by molar-refractivity contribution is -0.385. The summed E-state index contributed by atoms with van der Waals surface area (Å²) in [7, 11) is 0. The number of nitro benzene ring substituents is 1. The molecule has 1 atom stereocenters. The average molecular weight is 270 g/mol. The molecule has 1 aliphatic heterocycles. The highest BCUT2D eigenvalue weighted by atomic mass is 35.5. The molecule has 1 fully saturated rings. The minimum absolute atomic E-state index is 0.0542. The molecule has 7 heteroatoms. The molecule has 1 saturated heterocycles. The molecule has 2 N–H and O–H groups in total. The summed E-state index contributed by atoms with van der Waals surface area (Å²) in [5.41, 5.74) is 5.50. The summed E-state index contributed by atoms with van der Waals surface area (Å²) >= 11 is 5.70. The normalized spacial score (nSPS) is 19.0. The zero-order valence-electron chi connectivity index (χ0n) is 9.51. The molecule has 6 nitrogen and oxygen atoms in total. The van der Waals surface area contributed by atoms with Crippen LogP contribution in [0.5, 0.6) is 0 Å². The van der Waals surface area contributed by atoms with Gasteiger partial charge in [-0.25, -0.2) is 0 Å². The van der Waals surface area contributed by atoms with Crippen molar-refractivity contribution < 1.29 is 9.72 Å². The van der Waals surface area contributed by atoms with E-state index in [-0.39, 0.29) is 28.2 Å². The van der Waals surface area contributed by atoms with Gasteiger partial charge in [-0.1, -0.05) is 11.6 Å². The molecular weight excluding hydrogens is 258 g/mol. The van der Waals surface area contributed by atoms with E-state index in [1.165, 1.54) is 23.1 Å². The van der Waals surface area contributed by atoms with E-state index in [4.69, 9.17) is 17.3 Å². The predicted molar refractivity (Wildman–Crippen MR) is 66.6 cm³/mol. The van der Waals surface area contributed by atoms with Crippen molar-refractivity contribution in [2.75, 3.05) is 13.1 Å². The molecule has 0 bridgehead atoms. The van der Waals surface area contributed by atoms with Crippen LogP contribution in [0.25, 0.3) is 0 Å². The molecule has 0 spiro atoms. The predicted octanol–water partition coefficient (Wildman–Crippen LogP) is 1.42. The number of rotatable bonds is 2. The van der Waals surface area contributed by atoms with Gasteiger partial charge in [-0.05, 0) is 18.6 Å². The van der Waals surface area contributed by atoms with Crippen LogP contribution in [0.1, 0.15) is 16.8 Å². The van der Waals surface area contributed by atoms with Crippen LogP contribution in [0.15, 0.2) is 18.2 Å². The van der Waals surface area contributed by atoms with Crippen LogP contribution in [-0.2, 0) is 0 Å². The fraction of sp³-hybridized carbons (Fsp3) is 0.364. The average Bonchev–Trinajstić information content (AvgIpc) is 2.75. The van der Waals surface area contributed by atoms with Gasteiger partial charge in [-0.3, -0.25) is 14.9 Å². The van der Waals surface area contributed by atoms with E-state index >= 15 is 0 Å². The van der Waals surface area contributed by atoms with Gasteiger partial charge >= 0.3 is 0 Å². The number of benzene rings is 1. The number of halogens is 1. The number of carbonyl (C=O) groups is 1. The van der Waals surface area contributed by atoms with Gasteiger partial charge in [0, 0.05) is 30.2 Å². The molecule has 1 aromatic carbocycles. The lowest BCUT2D eigenvalue weighted by Crippen LogP contribution is -2.32. The highest BCUT2D eigenvalue weighted by molar-refractivity contribution is 6.31. The zero-order valence-corrected chi connectivity index (χ0v) is 10.3. The summed E-state index contributed by atoms with van der Waals surface area (Å²) in [6.07, 6.45) is 0.715. The maximum atomic E-state index is 12.2. The van der Waals surface area contributed by atoms with E-state index in [2.05, 4.69) is 0 Å². The fourth-order valence-corrected chi connectivity index (χ4v) is 2.15. The van der Waals surface area contributed by atoms with Crippen molar-refractivity contribution in [3.05, 3.63) is 38.9 Å². The Kier molecular flexibility index (Phi) is 3.49. The SMILES string of the molecule is NC1CCN(C(=O)c2ccc(Cl)cc2[N+](=O)[O-])C1. The molecule has 1 heterocycles. The number of hydrogen-bond acceptors (Lipinski definition) is 4. The molecule has 18 heavy (non-hydrogen) atoms. The first kappa shape index (κ1) is 12.8. The Morgan fingerprint density at radius 2 is 2.28 bits per heavy atom. The third-order valence-corrected chi connectivity index (χ3v) is 3.13. The van der Waals surface area contributed by atoms with Gasteiger partial charge < -0.3 is 10.6 Å². The third kappa shape index (κ3) is 2.44. The Bertz CT molecular complexity index is 506. The zero-order chi connectivity index (χ0) is 13.3. The molecule has 96 valence electrons. The van der Waals surface area contributed by atoms with E-state index in [1.54, 1.807) is 0 Å². The van der Waals surface area contributed by atoms with Gasteiger partial charge in [-0.15, -0.1) is 0 Å². The highest BCUT2D eigenvalue weighted by Gasteiger charge is 2.29. The Labute approximate surface area is 108 Å². The summed E-state index contributed by atoms with van der Waals surface area (Å²) < 4.78 is 0. The van der Waals surface area contributed by atoms with E-state index in [0.717, 1.165) is 0 Å². The third-order valence-electron chi connectivity index (χ3n) is 2.90. The minimum atomic E-state index is -0.602. The first-order chi connectivity index (χ1) is 8.49. The van der Waals surface area contributed by atoms with Crippen molar-refractivity contribution in [2.45, 2.75) is 12.5 Å². The Hall–Kier alpha value is -1.66. The van der Waals surface area contributed by atoms with Crippen LogP contribution in [0, 0.1) is 10.1 Å². The maximum Gasteiger partial charge on any atom is 0.283 e. The van der Waals surface area contributed by atoms with Gasteiger partial charge in [0.25, 0.3) is 11.6 Å². The summed E-state index contributed by atoms with van der Waals surface area (Å²) in [5.74, 6) is -0.369. The molecule has 1 aromatic rings. The van der Waals surface area contributed by atoms with Gasteiger partial charge in [0.1, 0.15) is 5.56 Å². The molecule has 1 aliphatic rings. The molecule has 1 unspecified atom stereocenters. The highest BCUT2D eigenvalue weighted by Crippen LogP contribution is 2.25. The second-order valence-corrected chi connectivity index (χ2v) is 4.65. The Morgan fingerprint density at radius 1 is 1.56 bits per heavy atom. The lowest BCUT2D eigenvalue weighted by atomic mass is 10.1. The molecular formula is C11H12ClN3O3. The summed E-state index contributed by atoms with van der Waals surface area (Å²) in [4.78, 5) is 24.0. The second-order valence-electron chi connectivity index (χ2n) is 4.22. The van der Waals surface area contributed by atoms with Crippen LogP contribution < -0.4 is 5.73 Å². The van der Waals surface area contributed by atoms with E-state index < -0.39 is 4.92 Å². The van der Waals surface area contributed by atoms with E-state index in [0.29, 0.717) is 19.5 Å². The van der Waals surface area contributed by atoms with Crippen molar-refractivity contribution in [1.29, 1.82) is 0 Å². The van der Waals surface area contributed by atoms with Crippen molar-refractivity contribution in [2.24, 2.45) is 5.73 Å². The van der Waals surface area contributed by atoms with Crippen LogP contribution in [-0.4, -0.2) is 34.9 Å². The monoisotopic (exact) mass is 269 g/mol. The molecule has 0 radical (unpaired) electrons. The standard InChI is InChI=1S/C11H12ClN3O3/c12-7-1-2-9(10(5-7)15(17)18)11(16)14-4-3-8(13)6-14/h1-2,5,8H,3-4,6,13H2. The summed E-state index contributed by atoms with van der Waals surface area (Å²) in [5, 5.41) is 11.1. The van der Waals surface area contributed by atoms with Crippen LogP contribution in [0.3, 0.4) is 0 Å².